The first-order valence-corrected chi connectivity index (χ1v) is 3.55. The van der Waals surface area contributed by atoms with E-state index in [2.05, 4.69) is 9.72 Å². The fourth-order valence-corrected chi connectivity index (χ4v) is 0.626. The Labute approximate surface area is 69.2 Å². The molecule has 1 heterocycles. The molecule has 64 valence electrons. The van der Waals surface area contributed by atoms with Crippen LogP contribution in [-0.2, 0) is 4.79 Å². The van der Waals surface area contributed by atoms with Gasteiger partial charge in [-0.1, -0.05) is 6.92 Å². The van der Waals surface area contributed by atoms with Gasteiger partial charge >= 0.3 is 5.97 Å². The fraction of sp³-hybridized carbons (Fsp3) is 0.250. The van der Waals surface area contributed by atoms with Crippen LogP contribution in [0.15, 0.2) is 18.3 Å². The van der Waals surface area contributed by atoms with E-state index in [1.165, 1.54) is 18.3 Å². The van der Waals surface area contributed by atoms with E-state index in [0.29, 0.717) is 0 Å². The molecule has 0 N–H and O–H groups in total. The van der Waals surface area contributed by atoms with Gasteiger partial charge in [0.2, 0.25) is 0 Å². The lowest BCUT2D eigenvalue weighted by atomic mass is 10.4. The molecule has 0 spiro atoms. The normalized spacial score (nSPS) is 9.50. The molecule has 0 fully saturated rings. The summed E-state index contributed by atoms with van der Waals surface area (Å²) in [6, 6.07) is 2.61. The van der Waals surface area contributed by atoms with Gasteiger partial charge in [0.05, 0.1) is 0 Å². The minimum atomic E-state index is -0.626. The Hall–Kier alpha value is -1.45. The van der Waals surface area contributed by atoms with Crippen molar-refractivity contribution in [3.8, 4) is 5.88 Å². The summed E-state index contributed by atoms with van der Waals surface area (Å²) in [5.41, 5.74) is 0. The number of pyridine rings is 1. The SMILES string of the molecule is CCC(=O)Oc1ncccc1F. The topological polar surface area (TPSA) is 39.2 Å². The molecule has 0 unspecified atom stereocenters. The highest BCUT2D eigenvalue weighted by molar-refractivity contribution is 5.71. The molecular weight excluding hydrogens is 161 g/mol. The van der Waals surface area contributed by atoms with Gasteiger partial charge in [0.15, 0.2) is 5.82 Å². The number of halogens is 1. The van der Waals surface area contributed by atoms with Crippen LogP contribution in [-0.4, -0.2) is 11.0 Å². The van der Waals surface area contributed by atoms with Crippen LogP contribution in [0.4, 0.5) is 4.39 Å². The molecule has 0 amide bonds. The Morgan fingerprint density at radius 2 is 2.50 bits per heavy atom. The van der Waals surface area contributed by atoms with E-state index in [9.17, 15) is 9.18 Å². The van der Waals surface area contributed by atoms with Crippen molar-refractivity contribution in [2.24, 2.45) is 0 Å². The zero-order chi connectivity index (χ0) is 8.97. The molecule has 0 atom stereocenters. The number of nitrogens with zero attached hydrogens (tertiary/aromatic N) is 1. The van der Waals surface area contributed by atoms with E-state index in [4.69, 9.17) is 0 Å². The molecule has 0 saturated heterocycles. The second kappa shape index (κ2) is 3.80. The first kappa shape index (κ1) is 8.64. The third kappa shape index (κ3) is 2.02. The zero-order valence-electron chi connectivity index (χ0n) is 6.58. The van der Waals surface area contributed by atoms with Crippen LogP contribution in [0.1, 0.15) is 13.3 Å². The summed E-state index contributed by atoms with van der Waals surface area (Å²) in [6.07, 6.45) is 1.57. The van der Waals surface area contributed by atoms with Crippen LogP contribution < -0.4 is 4.74 Å². The van der Waals surface area contributed by atoms with Gasteiger partial charge in [0, 0.05) is 12.6 Å². The second-order valence-corrected chi connectivity index (χ2v) is 2.12. The molecule has 1 aromatic rings. The molecular formula is C8H8FNO2. The van der Waals surface area contributed by atoms with Crippen LogP contribution >= 0.6 is 0 Å². The number of ether oxygens (including phenoxy) is 1. The van der Waals surface area contributed by atoms with Crippen LogP contribution in [0.2, 0.25) is 0 Å². The predicted octanol–water partition coefficient (Wildman–Crippen LogP) is 1.54. The average Bonchev–Trinajstić information content (AvgIpc) is 2.09. The largest absolute Gasteiger partial charge is 0.404 e. The first-order chi connectivity index (χ1) is 5.74. The number of aromatic nitrogens is 1. The zero-order valence-corrected chi connectivity index (χ0v) is 6.58. The van der Waals surface area contributed by atoms with Crippen LogP contribution in [0.5, 0.6) is 5.88 Å². The molecule has 0 radical (unpaired) electrons. The lowest BCUT2D eigenvalue weighted by molar-refractivity contribution is -0.134. The van der Waals surface area contributed by atoms with E-state index in [-0.39, 0.29) is 12.3 Å². The van der Waals surface area contributed by atoms with Crippen LogP contribution in [0.3, 0.4) is 0 Å². The van der Waals surface area contributed by atoms with Crippen LogP contribution in [0, 0.1) is 5.82 Å². The number of esters is 1. The fourth-order valence-electron chi connectivity index (χ4n) is 0.626. The quantitative estimate of drug-likeness (QED) is 0.630. The average molecular weight is 169 g/mol. The Kier molecular flexibility index (Phi) is 2.74. The second-order valence-electron chi connectivity index (χ2n) is 2.12. The summed E-state index contributed by atoms with van der Waals surface area (Å²) in [4.78, 5) is 14.3. The van der Waals surface area contributed by atoms with E-state index in [1.807, 2.05) is 0 Å². The number of rotatable bonds is 2. The summed E-state index contributed by atoms with van der Waals surface area (Å²) >= 11 is 0. The summed E-state index contributed by atoms with van der Waals surface area (Å²) < 4.78 is 17.3. The molecule has 0 aliphatic carbocycles. The van der Waals surface area contributed by atoms with Crippen molar-refractivity contribution >= 4 is 5.97 Å². The van der Waals surface area contributed by atoms with E-state index in [0.717, 1.165) is 0 Å². The highest BCUT2D eigenvalue weighted by atomic mass is 19.1. The monoisotopic (exact) mass is 169 g/mol. The summed E-state index contributed by atoms with van der Waals surface area (Å²) in [5.74, 6) is -1.38. The molecule has 0 bridgehead atoms. The lowest BCUT2D eigenvalue weighted by Crippen LogP contribution is -2.07. The molecule has 0 aromatic carbocycles. The highest BCUT2D eigenvalue weighted by Crippen LogP contribution is 2.11. The maximum atomic E-state index is 12.7. The third-order valence-corrected chi connectivity index (χ3v) is 1.22. The molecule has 1 rings (SSSR count). The first-order valence-electron chi connectivity index (χ1n) is 3.55. The highest BCUT2D eigenvalue weighted by Gasteiger charge is 2.07. The Morgan fingerprint density at radius 1 is 1.75 bits per heavy atom. The van der Waals surface area contributed by atoms with Gasteiger partial charge in [0.25, 0.3) is 5.88 Å². The number of hydrogen-bond donors (Lipinski definition) is 0. The van der Waals surface area contributed by atoms with Gasteiger partial charge < -0.3 is 4.74 Å². The molecule has 4 heteroatoms. The Morgan fingerprint density at radius 3 is 3.08 bits per heavy atom. The van der Waals surface area contributed by atoms with Gasteiger partial charge in [-0.05, 0) is 12.1 Å². The van der Waals surface area contributed by atoms with Gasteiger partial charge in [-0.15, -0.1) is 0 Å². The molecule has 0 aliphatic heterocycles. The predicted molar refractivity (Wildman–Crippen MR) is 40.1 cm³/mol. The van der Waals surface area contributed by atoms with Crippen LogP contribution in [0.25, 0.3) is 0 Å². The van der Waals surface area contributed by atoms with Crippen molar-refractivity contribution in [2.75, 3.05) is 0 Å². The molecule has 0 saturated carbocycles. The molecule has 12 heavy (non-hydrogen) atoms. The summed E-state index contributed by atoms with van der Waals surface area (Å²) in [7, 11) is 0. The van der Waals surface area contributed by atoms with Crippen molar-refractivity contribution in [3.05, 3.63) is 24.1 Å². The number of hydrogen-bond acceptors (Lipinski definition) is 3. The third-order valence-electron chi connectivity index (χ3n) is 1.22. The summed E-state index contributed by atoms with van der Waals surface area (Å²) in [6.45, 7) is 1.63. The summed E-state index contributed by atoms with van der Waals surface area (Å²) in [5, 5.41) is 0. The van der Waals surface area contributed by atoms with Gasteiger partial charge in [-0.3, -0.25) is 4.79 Å². The van der Waals surface area contributed by atoms with Crippen molar-refractivity contribution < 1.29 is 13.9 Å². The molecule has 1 aromatic heterocycles. The number of carbonyl (C=O) groups excluding carboxylic acids is 1. The minimum absolute atomic E-state index is 0.204. The maximum absolute atomic E-state index is 12.7. The Bertz CT molecular complexity index is 288. The van der Waals surface area contributed by atoms with Crippen molar-refractivity contribution in [1.29, 1.82) is 0 Å². The van der Waals surface area contributed by atoms with E-state index < -0.39 is 11.8 Å². The van der Waals surface area contributed by atoms with E-state index >= 15 is 0 Å². The maximum Gasteiger partial charge on any atom is 0.312 e. The van der Waals surface area contributed by atoms with Crippen molar-refractivity contribution in [1.82, 2.24) is 4.98 Å². The van der Waals surface area contributed by atoms with E-state index in [1.54, 1.807) is 6.92 Å². The van der Waals surface area contributed by atoms with Crippen molar-refractivity contribution in [2.45, 2.75) is 13.3 Å². The minimum Gasteiger partial charge on any atom is -0.404 e. The smallest absolute Gasteiger partial charge is 0.312 e. The van der Waals surface area contributed by atoms with Gasteiger partial charge in [0.1, 0.15) is 0 Å². The Balaban J connectivity index is 2.75. The lowest BCUT2D eigenvalue weighted by Gasteiger charge is -2.00. The van der Waals surface area contributed by atoms with Gasteiger partial charge in [-0.25, -0.2) is 9.37 Å². The van der Waals surface area contributed by atoms with Gasteiger partial charge in [-0.2, -0.15) is 0 Å². The number of carbonyl (C=O) groups is 1. The standard InChI is InChI=1S/C8H8FNO2/c1-2-7(11)12-8-6(9)4-3-5-10-8/h3-5H,2H2,1H3. The molecule has 0 aliphatic rings. The molecule has 3 nitrogen and oxygen atoms in total. The van der Waals surface area contributed by atoms with Crippen molar-refractivity contribution in [3.63, 3.8) is 0 Å².